The largest absolute Gasteiger partial charge is 0.329 e. The summed E-state index contributed by atoms with van der Waals surface area (Å²) in [7, 11) is 0. The first kappa shape index (κ1) is 17.0. The summed E-state index contributed by atoms with van der Waals surface area (Å²) in [6, 6.07) is 10.7. The number of H-pyrrole nitrogens is 1. The van der Waals surface area contributed by atoms with Gasteiger partial charge in [0.15, 0.2) is 5.82 Å². The van der Waals surface area contributed by atoms with Crippen molar-refractivity contribution in [3.63, 3.8) is 0 Å². The summed E-state index contributed by atoms with van der Waals surface area (Å²) in [6.45, 7) is 2.67. The Morgan fingerprint density at radius 2 is 2.07 bits per heavy atom. The van der Waals surface area contributed by atoms with Crippen molar-refractivity contribution in [2.75, 3.05) is 6.54 Å². The third kappa shape index (κ3) is 3.31. The van der Waals surface area contributed by atoms with Crippen LogP contribution >= 0.6 is 0 Å². The van der Waals surface area contributed by atoms with Crippen molar-refractivity contribution in [1.82, 2.24) is 35.4 Å². The van der Waals surface area contributed by atoms with Gasteiger partial charge in [0.25, 0.3) is 5.56 Å². The molecule has 3 heterocycles. The van der Waals surface area contributed by atoms with E-state index in [4.69, 9.17) is 0 Å². The zero-order valence-electron chi connectivity index (χ0n) is 14.8. The molecule has 0 bridgehead atoms. The molecule has 2 N–H and O–H groups in total. The van der Waals surface area contributed by atoms with Crippen molar-refractivity contribution in [1.29, 1.82) is 0 Å². The van der Waals surface area contributed by atoms with Crippen molar-refractivity contribution < 1.29 is 4.79 Å². The van der Waals surface area contributed by atoms with E-state index in [9.17, 15) is 9.59 Å². The first-order valence-corrected chi connectivity index (χ1v) is 8.72. The SMILES string of the molecule is CC(NC(=O)N1CCc2cc[nH]c(=O)c2C1)c1nnnn1-c1ccccc1. The molecule has 0 aliphatic carbocycles. The Labute approximate surface area is 155 Å². The molecule has 2 aromatic heterocycles. The quantitative estimate of drug-likeness (QED) is 0.724. The van der Waals surface area contributed by atoms with Crippen LogP contribution in [-0.4, -0.2) is 42.7 Å². The maximum atomic E-state index is 12.7. The highest BCUT2D eigenvalue weighted by molar-refractivity contribution is 5.75. The van der Waals surface area contributed by atoms with Crippen LogP contribution in [0.5, 0.6) is 0 Å². The monoisotopic (exact) mass is 365 g/mol. The minimum absolute atomic E-state index is 0.147. The van der Waals surface area contributed by atoms with Crippen LogP contribution in [0.2, 0.25) is 0 Å². The smallest absolute Gasteiger partial charge is 0.318 e. The molecule has 0 saturated heterocycles. The summed E-state index contributed by atoms with van der Waals surface area (Å²) in [5.74, 6) is 0.532. The fourth-order valence-corrected chi connectivity index (χ4v) is 3.22. The highest BCUT2D eigenvalue weighted by Gasteiger charge is 2.25. The van der Waals surface area contributed by atoms with E-state index >= 15 is 0 Å². The van der Waals surface area contributed by atoms with Crippen LogP contribution in [0.3, 0.4) is 0 Å². The molecule has 0 radical (unpaired) electrons. The molecule has 1 aliphatic rings. The van der Waals surface area contributed by atoms with Gasteiger partial charge in [-0.3, -0.25) is 4.79 Å². The molecule has 1 unspecified atom stereocenters. The van der Waals surface area contributed by atoms with Crippen molar-refractivity contribution >= 4 is 6.03 Å². The van der Waals surface area contributed by atoms with Crippen LogP contribution in [0.1, 0.15) is 29.9 Å². The third-order valence-corrected chi connectivity index (χ3v) is 4.67. The van der Waals surface area contributed by atoms with Gasteiger partial charge in [0.2, 0.25) is 0 Å². The van der Waals surface area contributed by atoms with Crippen molar-refractivity contribution in [2.45, 2.75) is 25.9 Å². The van der Waals surface area contributed by atoms with Gasteiger partial charge in [0, 0.05) is 18.3 Å². The average molecular weight is 365 g/mol. The minimum atomic E-state index is -0.400. The summed E-state index contributed by atoms with van der Waals surface area (Å²) < 4.78 is 1.60. The first-order valence-electron chi connectivity index (χ1n) is 8.72. The van der Waals surface area contributed by atoms with E-state index in [0.717, 1.165) is 11.3 Å². The van der Waals surface area contributed by atoms with Crippen molar-refractivity contribution in [2.24, 2.45) is 0 Å². The summed E-state index contributed by atoms with van der Waals surface area (Å²) >= 11 is 0. The minimum Gasteiger partial charge on any atom is -0.329 e. The van der Waals surface area contributed by atoms with Gasteiger partial charge in [-0.05, 0) is 47.5 Å². The number of aromatic nitrogens is 5. The number of tetrazole rings is 1. The Morgan fingerprint density at radius 3 is 2.89 bits per heavy atom. The average Bonchev–Trinajstić information content (AvgIpc) is 3.19. The van der Waals surface area contributed by atoms with Gasteiger partial charge in [0.1, 0.15) is 0 Å². The fourth-order valence-electron chi connectivity index (χ4n) is 3.22. The molecule has 0 spiro atoms. The topological polar surface area (TPSA) is 109 Å². The standard InChI is InChI=1S/C18H19N7O2/c1-12(16-21-22-23-25(16)14-5-3-2-4-6-14)20-18(27)24-10-8-13-7-9-19-17(26)15(13)11-24/h2-7,9,12H,8,10-11H2,1H3,(H,19,26)(H,20,27). The van der Waals surface area contributed by atoms with Crippen LogP contribution in [0.25, 0.3) is 5.69 Å². The van der Waals surface area contributed by atoms with E-state index in [-0.39, 0.29) is 18.1 Å². The van der Waals surface area contributed by atoms with Gasteiger partial charge >= 0.3 is 6.03 Å². The molecule has 1 aromatic carbocycles. The van der Waals surface area contributed by atoms with Crippen molar-refractivity contribution in [3.05, 3.63) is 69.9 Å². The Hall–Kier alpha value is -3.49. The molecule has 4 rings (SSSR count). The lowest BCUT2D eigenvalue weighted by Crippen LogP contribution is -2.45. The van der Waals surface area contributed by atoms with E-state index in [1.54, 1.807) is 15.8 Å². The number of rotatable bonds is 3. The Balaban J connectivity index is 1.49. The number of hydrogen-bond donors (Lipinski definition) is 2. The number of nitrogens with one attached hydrogen (secondary N) is 2. The number of benzene rings is 1. The number of amides is 2. The number of nitrogens with zero attached hydrogens (tertiary/aromatic N) is 5. The maximum absolute atomic E-state index is 12.7. The second kappa shape index (κ2) is 7.02. The van der Waals surface area contributed by atoms with Crippen LogP contribution in [0.4, 0.5) is 4.79 Å². The summed E-state index contributed by atoms with van der Waals surface area (Å²) in [5, 5.41) is 14.7. The van der Waals surface area contributed by atoms with Gasteiger partial charge in [-0.2, -0.15) is 4.68 Å². The summed E-state index contributed by atoms with van der Waals surface area (Å²) in [6.07, 6.45) is 2.30. The van der Waals surface area contributed by atoms with Gasteiger partial charge in [-0.1, -0.05) is 18.2 Å². The Kier molecular flexibility index (Phi) is 4.41. The van der Waals surface area contributed by atoms with Crippen molar-refractivity contribution in [3.8, 4) is 5.69 Å². The fraction of sp³-hybridized carbons (Fsp3) is 0.278. The lowest BCUT2D eigenvalue weighted by Gasteiger charge is -2.29. The lowest BCUT2D eigenvalue weighted by molar-refractivity contribution is 0.188. The maximum Gasteiger partial charge on any atom is 0.318 e. The molecular formula is C18H19N7O2. The van der Waals surface area contributed by atoms with Crippen LogP contribution in [-0.2, 0) is 13.0 Å². The highest BCUT2D eigenvalue weighted by Crippen LogP contribution is 2.17. The Bertz CT molecular complexity index is 1010. The second-order valence-corrected chi connectivity index (χ2v) is 6.44. The molecule has 9 nitrogen and oxygen atoms in total. The number of urea groups is 1. The molecule has 27 heavy (non-hydrogen) atoms. The predicted molar refractivity (Wildman–Crippen MR) is 97.3 cm³/mol. The zero-order valence-corrected chi connectivity index (χ0v) is 14.8. The molecule has 2 amide bonds. The van der Waals surface area contributed by atoms with Gasteiger partial charge in [-0.25, -0.2) is 4.79 Å². The van der Waals surface area contributed by atoms with Gasteiger partial charge < -0.3 is 15.2 Å². The van der Waals surface area contributed by atoms with Crippen LogP contribution in [0, 0.1) is 0 Å². The molecule has 3 aromatic rings. The molecule has 138 valence electrons. The number of carbonyl (C=O) groups is 1. The Morgan fingerprint density at radius 1 is 1.26 bits per heavy atom. The van der Waals surface area contributed by atoms with Crippen LogP contribution in [0.15, 0.2) is 47.4 Å². The molecule has 0 saturated carbocycles. The first-order chi connectivity index (χ1) is 13.1. The second-order valence-electron chi connectivity index (χ2n) is 6.44. The number of fused-ring (bicyclic) bond motifs is 1. The van der Waals surface area contributed by atoms with E-state index in [1.165, 1.54) is 0 Å². The number of pyridine rings is 1. The number of carbonyl (C=O) groups excluding carboxylic acids is 1. The van der Waals surface area contributed by atoms with E-state index < -0.39 is 6.04 Å². The van der Waals surface area contributed by atoms with Gasteiger partial charge in [-0.15, -0.1) is 5.10 Å². The van der Waals surface area contributed by atoms with E-state index in [1.807, 2.05) is 43.3 Å². The summed E-state index contributed by atoms with van der Waals surface area (Å²) in [5.41, 5.74) is 2.30. The number of para-hydroxylation sites is 1. The third-order valence-electron chi connectivity index (χ3n) is 4.67. The zero-order chi connectivity index (χ0) is 18.8. The molecule has 9 heteroatoms. The normalized spacial score (nSPS) is 14.5. The molecule has 0 fully saturated rings. The molecular weight excluding hydrogens is 346 g/mol. The lowest BCUT2D eigenvalue weighted by atomic mass is 10.0. The van der Waals surface area contributed by atoms with Gasteiger partial charge in [0.05, 0.1) is 18.3 Å². The molecule has 1 atom stereocenters. The number of hydrogen-bond acceptors (Lipinski definition) is 5. The van der Waals surface area contributed by atoms with E-state index in [0.29, 0.717) is 24.4 Å². The molecule has 1 aliphatic heterocycles. The van der Waals surface area contributed by atoms with Crippen LogP contribution < -0.4 is 10.9 Å². The predicted octanol–water partition coefficient (Wildman–Crippen LogP) is 1.18. The van der Waals surface area contributed by atoms with E-state index in [2.05, 4.69) is 25.8 Å². The summed E-state index contributed by atoms with van der Waals surface area (Å²) in [4.78, 5) is 29.0. The number of aromatic amines is 1. The highest BCUT2D eigenvalue weighted by atomic mass is 16.2.